The van der Waals surface area contributed by atoms with Crippen LogP contribution in [0.25, 0.3) is 28.7 Å². The molecule has 4 aromatic rings. The van der Waals surface area contributed by atoms with Gasteiger partial charge < -0.3 is 4.57 Å². The van der Waals surface area contributed by atoms with E-state index in [-0.39, 0.29) is 12.4 Å². The lowest BCUT2D eigenvalue weighted by molar-refractivity contribution is -0.137. The highest BCUT2D eigenvalue weighted by Gasteiger charge is 2.33. The van der Waals surface area contributed by atoms with Crippen molar-refractivity contribution in [1.82, 2.24) is 24.3 Å². The van der Waals surface area contributed by atoms with Gasteiger partial charge in [0.1, 0.15) is 5.69 Å². The molecule has 1 aromatic carbocycles. The minimum Gasteiger partial charge on any atom is -0.340 e. The summed E-state index contributed by atoms with van der Waals surface area (Å²) in [5.74, 6) is 0.888. The zero-order chi connectivity index (χ0) is 18.6. The van der Waals surface area contributed by atoms with Crippen LogP contribution < -0.4 is 0 Å². The molecule has 0 saturated heterocycles. The maximum Gasteiger partial charge on any atom is 0.416 e. The van der Waals surface area contributed by atoms with Crippen LogP contribution in [0.15, 0.2) is 60.9 Å². The van der Waals surface area contributed by atoms with Crippen LogP contribution in [0, 0.1) is 0 Å². The average molecular weight is 404 g/mol. The number of nitrogens with zero attached hydrogens (tertiary/aromatic N) is 5. The highest BCUT2D eigenvalue weighted by Crippen LogP contribution is 2.37. The van der Waals surface area contributed by atoms with E-state index in [1.807, 2.05) is 22.9 Å². The maximum absolute atomic E-state index is 13.3. The van der Waals surface area contributed by atoms with Crippen molar-refractivity contribution in [3.05, 3.63) is 72.1 Å². The minimum absolute atomic E-state index is 0. The van der Waals surface area contributed by atoms with Gasteiger partial charge in [-0.05, 0) is 42.0 Å². The van der Waals surface area contributed by atoms with Gasteiger partial charge in [-0.2, -0.15) is 13.2 Å². The van der Waals surface area contributed by atoms with Crippen LogP contribution in [-0.2, 0) is 12.7 Å². The van der Waals surface area contributed by atoms with E-state index in [9.17, 15) is 13.2 Å². The Morgan fingerprint density at radius 2 is 1.75 bits per heavy atom. The van der Waals surface area contributed by atoms with Crippen LogP contribution >= 0.6 is 12.4 Å². The van der Waals surface area contributed by atoms with Gasteiger partial charge >= 0.3 is 6.18 Å². The Morgan fingerprint density at radius 1 is 0.929 bits per heavy atom. The molecular formula is C19H13ClF3N5. The highest BCUT2D eigenvalue weighted by atomic mass is 35.5. The van der Waals surface area contributed by atoms with Gasteiger partial charge in [-0.1, -0.05) is 12.1 Å². The zero-order valence-electron chi connectivity index (χ0n) is 14.3. The molecule has 1 aliphatic heterocycles. The van der Waals surface area contributed by atoms with E-state index < -0.39 is 11.7 Å². The van der Waals surface area contributed by atoms with Gasteiger partial charge in [-0.15, -0.1) is 22.6 Å². The fourth-order valence-electron chi connectivity index (χ4n) is 3.36. The molecule has 142 valence electrons. The standard InChI is InChI=1S/C19H12F3N5.ClH/c20-19(21,22)13-7-6-12-11-26-9-3-5-15(26)18-25-24-17(27(18)16(12)10-13)14-4-1-2-8-23-14;/h1-10H,11H2;1H. The van der Waals surface area contributed by atoms with E-state index in [1.165, 1.54) is 6.07 Å². The van der Waals surface area contributed by atoms with Crippen molar-refractivity contribution >= 4 is 12.4 Å². The molecule has 0 N–H and O–H groups in total. The molecule has 0 spiro atoms. The zero-order valence-corrected chi connectivity index (χ0v) is 15.1. The Hall–Kier alpha value is -3.13. The fourth-order valence-corrected chi connectivity index (χ4v) is 3.36. The van der Waals surface area contributed by atoms with Crippen molar-refractivity contribution in [2.45, 2.75) is 12.7 Å². The number of hydrogen-bond acceptors (Lipinski definition) is 3. The van der Waals surface area contributed by atoms with Crippen LogP contribution in [0.4, 0.5) is 13.2 Å². The Bertz CT molecular complexity index is 1150. The molecule has 0 fully saturated rings. The van der Waals surface area contributed by atoms with Gasteiger partial charge in [0.2, 0.25) is 0 Å². The molecule has 0 radical (unpaired) electrons. The second-order valence-electron chi connectivity index (χ2n) is 6.26. The van der Waals surface area contributed by atoms with Crippen LogP contribution in [0.1, 0.15) is 11.1 Å². The molecule has 1 aliphatic rings. The molecule has 28 heavy (non-hydrogen) atoms. The summed E-state index contributed by atoms with van der Waals surface area (Å²) in [7, 11) is 0. The third-order valence-corrected chi connectivity index (χ3v) is 4.61. The van der Waals surface area contributed by atoms with Gasteiger partial charge in [0.25, 0.3) is 0 Å². The van der Waals surface area contributed by atoms with Crippen molar-refractivity contribution < 1.29 is 13.2 Å². The van der Waals surface area contributed by atoms with E-state index in [0.717, 1.165) is 23.4 Å². The molecule has 0 aliphatic carbocycles. The van der Waals surface area contributed by atoms with E-state index in [0.29, 0.717) is 29.6 Å². The molecule has 5 rings (SSSR count). The molecular weight excluding hydrogens is 391 g/mol. The molecule has 4 heterocycles. The first-order valence-corrected chi connectivity index (χ1v) is 8.25. The maximum atomic E-state index is 13.3. The molecule has 3 aromatic heterocycles. The Kier molecular flexibility index (Phi) is 4.23. The molecule has 0 atom stereocenters. The van der Waals surface area contributed by atoms with Crippen molar-refractivity contribution in [3.63, 3.8) is 0 Å². The van der Waals surface area contributed by atoms with Crippen molar-refractivity contribution in [1.29, 1.82) is 0 Å². The lowest BCUT2D eigenvalue weighted by Gasteiger charge is -2.14. The Labute approximate surface area is 163 Å². The van der Waals surface area contributed by atoms with Crippen LogP contribution in [0.3, 0.4) is 0 Å². The van der Waals surface area contributed by atoms with Crippen molar-refractivity contribution in [2.75, 3.05) is 0 Å². The number of fused-ring (bicyclic) bond motifs is 5. The average Bonchev–Trinajstić information content (AvgIpc) is 3.26. The first-order valence-electron chi connectivity index (χ1n) is 8.25. The molecule has 5 nitrogen and oxygen atoms in total. The summed E-state index contributed by atoms with van der Waals surface area (Å²) in [6, 6.07) is 12.9. The fraction of sp³-hybridized carbons (Fsp3) is 0.105. The predicted octanol–water partition coefficient (Wildman–Crippen LogP) is 4.60. The van der Waals surface area contributed by atoms with Crippen LogP contribution in [0.5, 0.6) is 0 Å². The number of rotatable bonds is 1. The number of aromatic nitrogens is 5. The summed E-state index contributed by atoms with van der Waals surface area (Å²) in [6.07, 6.45) is -0.943. The topological polar surface area (TPSA) is 48.5 Å². The quantitative estimate of drug-likeness (QED) is 0.411. The summed E-state index contributed by atoms with van der Waals surface area (Å²) in [4.78, 5) is 4.30. The number of alkyl halides is 3. The van der Waals surface area contributed by atoms with Crippen molar-refractivity contribution in [2.24, 2.45) is 0 Å². The largest absolute Gasteiger partial charge is 0.416 e. The summed E-state index contributed by atoms with van der Waals surface area (Å²) in [5.41, 5.74) is 1.78. The van der Waals surface area contributed by atoms with Gasteiger partial charge in [0.05, 0.1) is 16.9 Å². The number of benzene rings is 1. The number of hydrogen-bond donors (Lipinski definition) is 0. The monoisotopic (exact) mass is 403 g/mol. The third-order valence-electron chi connectivity index (χ3n) is 4.61. The lowest BCUT2D eigenvalue weighted by Crippen LogP contribution is -2.09. The first kappa shape index (κ1) is 18.2. The molecule has 0 amide bonds. The lowest BCUT2D eigenvalue weighted by atomic mass is 10.1. The third kappa shape index (κ3) is 2.77. The minimum atomic E-state index is -4.43. The normalized spacial score (nSPS) is 12.4. The molecule has 9 heteroatoms. The van der Waals surface area contributed by atoms with Crippen molar-refractivity contribution in [3.8, 4) is 28.7 Å². The van der Waals surface area contributed by atoms with E-state index in [1.54, 1.807) is 29.0 Å². The second-order valence-corrected chi connectivity index (χ2v) is 6.26. The van der Waals surface area contributed by atoms with Gasteiger partial charge in [0.15, 0.2) is 11.6 Å². The molecule has 0 saturated carbocycles. The van der Waals surface area contributed by atoms with E-state index in [2.05, 4.69) is 15.2 Å². The SMILES string of the molecule is Cl.FC(F)(F)c1ccc2c(c1)-n1c(-c3ccccn3)nnc1-c1cccn1C2. The summed E-state index contributed by atoms with van der Waals surface area (Å²) >= 11 is 0. The van der Waals surface area contributed by atoms with Gasteiger partial charge in [0, 0.05) is 18.9 Å². The predicted molar refractivity (Wildman–Crippen MR) is 99.4 cm³/mol. The Balaban J connectivity index is 0.00000192. The van der Waals surface area contributed by atoms with E-state index >= 15 is 0 Å². The molecule has 0 unspecified atom stereocenters. The van der Waals surface area contributed by atoms with E-state index in [4.69, 9.17) is 0 Å². The summed E-state index contributed by atoms with van der Waals surface area (Å²) in [5, 5.41) is 8.50. The van der Waals surface area contributed by atoms with Crippen LogP contribution in [0.2, 0.25) is 0 Å². The summed E-state index contributed by atoms with van der Waals surface area (Å²) in [6.45, 7) is 0.445. The van der Waals surface area contributed by atoms with Gasteiger partial charge in [-0.25, -0.2) is 0 Å². The smallest absolute Gasteiger partial charge is 0.340 e. The summed E-state index contributed by atoms with van der Waals surface area (Å²) < 4.78 is 43.6. The Morgan fingerprint density at radius 3 is 2.50 bits per heavy atom. The number of halogens is 4. The first-order chi connectivity index (χ1) is 13.0. The second kappa shape index (κ2) is 6.49. The number of pyridine rings is 1. The van der Waals surface area contributed by atoms with Crippen LogP contribution in [-0.4, -0.2) is 24.3 Å². The highest BCUT2D eigenvalue weighted by molar-refractivity contribution is 5.85. The molecule has 0 bridgehead atoms. The van der Waals surface area contributed by atoms with Gasteiger partial charge in [-0.3, -0.25) is 9.55 Å².